The predicted octanol–water partition coefficient (Wildman–Crippen LogP) is 0.862. The smallest absolute Gasteiger partial charge is 0.187 e. The van der Waals surface area contributed by atoms with Crippen molar-refractivity contribution in [3.05, 3.63) is 11.9 Å². The lowest BCUT2D eigenvalue weighted by Gasteiger charge is -2.23. The molecule has 0 spiro atoms. The lowest BCUT2D eigenvalue weighted by Crippen LogP contribution is -2.30. The molecule has 2 saturated heterocycles. The van der Waals surface area contributed by atoms with Gasteiger partial charge in [0.05, 0.1) is 11.9 Å². The van der Waals surface area contributed by atoms with Gasteiger partial charge >= 0.3 is 0 Å². The molecule has 7 nitrogen and oxygen atoms in total. The number of nitrogens with zero attached hydrogens (tertiary/aromatic N) is 3. The number of aryl methyl sites for hydroxylation is 1. The molecule has 3 heterocycles. The van der Waals surface area contributed by atoms with Gasteiger partial charge in [-0.2, -0.15) is 0 Å². The van der Waals surface area contributed by atoms with Crippen molar-refractivity contribution in [3.8, 4) is 0 Å². The molecular formula is C12H19N3O4. The molecule has 0 amide bonds. The van der Waals surface area contributed by atoms with Crippen LogP contribution >= 0.6 is 0 Å². The maximum absolute atomic E-state index is 5.94. The van der Waals surface area contributed by atoms with Crippen molar-refractivity contribution >= 4 is 0 Å². The van der Waals surface area contributed by atoms with Crippen molar-refractivity contribution in [2.75, 3.05) is 7.11 Å². The highest BCUT2D eigenvalue weighted by Crippen LogP contribution is 2.44. The molecule has 0 radical (unpaired) electrons. The van der Waals surface area contributed by atoms with Gasteiger partial charge < -0.3 is 18.9 Å². The monoisotopic (exact) mass is 269 g/mol. The predicted molar refractivity (Wildman–Crippen MR) is 64.1 cm³/mol. The Morgan fingerprint density at radius 2 is 2.11 bits per heavy atom. The van der Waals surface area contributed by atoms with Crippen LogP contribution in [0.1, 0.15) is 32.6 Å². The molecule has 0 bridgehead atoms. The zero-order valence-electron chi connectivity index (χ0n) is 11.6. The quantitative estimate of drug-likeness (QED) is 0.811. The first kappa shape index (κ1) is 13.0. The number of hydrogen-bond acceptors (Lipinski definition) is 6. The molecule has 2 fully saturated rings. The Bertz CT molecular complexity index is 462. The van der Waals surface area contributed by atoms with Gasteiger partial charge in [0.25, 0.3) is 0 Å². The van der Waals surface area contributed by atoms with Gasteiger partial charge in [-0.3, -0.25) is 0 Å². The summed E-state index contributed by atoms with van der Waals surface area (Å²) in [6, 6.07) is 0. The lowest BCUT2D eigenvalue weighted by molar-refractivity contribution is -0.228. The molecule has 0 saturated carbocycles. The summed E-state index contributed by atoms with van der Waals surface area (Å²) >= 11 is 0. The first-order valence-corrected chi connectivity index (χ1v) is 6.48. The van der Waals surface area contributed by atoms with Gasteiger partial charge in [0, 0.05) is 13.7 Å². The zero-order valence-corrected chi connectivity index (χ0v) is 11.6. The van der Waals surface area contributed by atoms with Crippen molar-refractivity contribution in [2.45, 2.75) is 57.7 Å². The van der Waals surface area contributed by atoms with E-state index in [1.54, 1.807) is 18.0 Å². The summed E-state index contributed by atoms with van der Waals surface area (Å²) < 4.78 is 24.8. The van der Waals surface area contributed by atoms with E-state index in [1.807, 2.05) is 20.8 Å². The SMILES string of the molecule is CCn1nncc1[C@H]1O[C@@H](OC)[C@@H]2OC(C)(C)O[C@@H]21. The van der Waals surface area contributed by atoms with Crippen LogP contribution in [0.3, 0.4) is 0 Å². The Balaban J connectivity index is 1.91. The minimum Gasteiger partial charge on any atom is -0.353 e. The average Bonchev–Trinajstić information content (AvgIpc) is 3.00. The highest BCUT2D eigenvalue weighted by molar-refractivity contribution is 5.09. The Labute approximate surface area is 111 Å². The summed E-state index contributed by atoms with van der Waals surface area (Å²) in [6.07, 6.45) is 0.565. The molecule has 1 aromatic heterocycles. The number of rotatable bonds is 3. The highest BCUT2D eigenvalue weighted by atomic mass is 16.8. The Morgan fingerprint density at radius 1 is 1.37 bits per heavy atom. The summed E-state index contributed by atoms with van der Waals surface area (Å²) in [5, 5.41) is 7.96. The molecule has 19 heavy (non-hydrogen) atoms. The molecule has 2 aliphatic heterocycles. The van der Waals surface area contributed by atoms with Crippen LogP contribution in [0.15, 0.2) is 6.20 Å². The van der Waals surface area contributed by atoms with E-state index < -0.39 is 12.1 Å². The molecule has 106 valence electrons. The van der Waals surface area contributed by atoms with E-state index in [9.17, 15) is 0 Å². The van der Waals surface area contributed by atoms with Crippen LogP contribution in [0.25, 0.3) is 0 Å². The van der Waals surface area contributed by atoms with Crippen molar-refractivity contribution < 1.29 is 18.9 Å². The summed E-state index contributed by atoms with van der Waals surface area (Å²) in [5.74, 6) is -0.626. The molecule has 0 aliphatic carbocycles. The zero-order chi connectivity index (χ0) is 13.6. The van der Waals surface area contributed by atoms with E-state index >= 15 is 0 Å². The number of hydrogen-bond donors (Lipinski definition) is 0. The topological polar surface area (TPSA) is 67.6 Å². The molecule has 0 aromatic carbocycles. The fourth-order valence-corrected chi connectivity index (χ4v) is 2.72. The van der Waals surface area contributed by atoms with Gasteiger partial charge in [0.2, 0.25) is 0 Å². The van der Waals surface area contributed by atoms with Gasteiger partial charge in [-0.15, -0.1) is 5.10 Å². The second-order valence-corrected chi connectivity index (χ2v) is 5.20. The van der Waals surface area contributed by atoms with E-state index in [4.69, 9.17) is 18.9 Å². The summed E-state index contributed by atoms with van der Waals surface area (Å²) in [7, 11) is 1.61. The van der Waals surface area contributed by atoms with Gasteiger partial charge in [-0.05, 0) is 20.8 Å². The minimum absolute atomic E-state index is 0.205. The largest absolute Gasteiger partial charge is 0.353 e. The molecule has 4 atom stereocenters. The number of aromatic nitrogens is 3. The van der Waals surface area contributed by atoms with E-state index in [2.05, 4.69) is 10.3 Å². The first-order chi connectivity index (χ1) is 9.05. The molecule has 0 N–H and O–H groups in total. The van der Waals surface area contributed by atoms with E-state index in [0.717, 1.165) is 12.2 Å². The van der Waals surface area contributed by atoms with Crippen LogP contribution in [-0.4, -0.2) is 46.4 Å². The molecule has 0 unspecified atom stereocenters. The number of ether oxygens (including phenoxy) is 4. The molecule has 3 rings (SSSR count). The second kappa shape index (κ2) is 4.52. The molecule has 2 aliphatic rings. The molecular weight excluding hydrogens is 250 g/mol. The summed E-state index contributed by atoms with van der Waals surface area (Å²) in [4.78, 5) is 0. The van der Waals surface area contributed by atoms with Gasteiger partial charge in [0.1, 0.15) is 18.3 Å². The lowest BCUT2D eigenvalue weighted by atomic mass is 10.1. The van der Waals surface area contributed by atoms with Crippen molar-refractivity contribution in [1.82, 2.24) is 15.0 Å². The molecule has 7 heteroatoms. The van der Waals surface area contributed by atoms with E-state index in [1.165, 1.54) is 0 Å². The maximum atomic E-state index is 5.94. The van der Waals surface area contributed by atoms with Crippen molar-refractivity contribution in [3.63, 3.8) is 0 Å². The van der Waals surface area contributed by atoms with Crippen molar-refractivity contribution in [2.24, 2.45) is 0 Å². The Kier molecular flexibility index (Phi) is 3.09. The third-order valence-corrected chi connectivity index (χ3v) is 3.48. The maximum Gasteiger partial charge on any atom is 0.187 e. The summed E-state index contributed by atoms with van der Waals surface area (Å²) in [5.41, 5.74) is 0.887. The fourth-order valence-electron chi connectivity index (χ4n) is 2.72. The minimum atomic E-state index is -0.626. The van der Waals surface area contributed by atoms with Crippen LogP contribution in [0.2, 0.25) is 0 Å². The third kappa shape index (κ3) is 2.06. The van der Waals surface area contributed by atoms with Crippen LogP contribution in [0.5, 0.6) is 0 Å². The molecule has 1 aromatic rings. The van der Waals surface area contributed by atoms with Crippen LogP contribution < -0.4 is 0 Å². The first-order valence-electron chi connectivity index (χ1n) is 6.48. The van der Waals surface area contributed by atoms with Gasteiger partial charge in [-0.1, -0.05) is 5.21 Å². The van der Waals surface area contributed by atoms with Gasteiger partial charge in [-0.25, -0.2) is 4.68 Å². The average molecular weight is 269 g/mol. The normalized spacial score (nSPS) is 36.6. The Hall–Kier alpha value is -1.02. The third-order valence-electron chi connectivity index (χ3n) is 3.48. The van der Waals surface area contributed by atoms with Crippen LogP contribution in [-0.2, 0) is 25.5 Å². The van der Waals surface area contributed by atoms with Crippen LogP contribution in [0, 0.1) is 0 Å². The van der Waals surface area contributed by atoms with Crippen LogP contribution in [0.4, 0.5) is 0 Å². The number of methoxy groups -OCH3 is 1. The van der Waals surface area contributed by atoms with E-state index in [0.29, 0.717) is 0 Å². The van der Waals surface area contributed by atoms with E-state index in [-0.39, 0.29) is 18.3 Å². The fraction of sp³-hybridized carbons (Fsp3) is 0.833. The van der Waals surface area contributed by atoms with Crippen molar-refractivity contribution in [1.29, 1.82) is 0 Å². The number of fused-ring (bicyclic) bond motifs is 1. The Morgan fingerprint density at radius 3 is 2.79 bits per heavy atom. The second-order valence-electron chi connectivity index (χ2n) is 5.20. The standard InChI is InChI=1S/C12H19N3O4/c1-5-15-7(6-13-14-15)8-9-10(11(16-4)17-8)19-12(2,3)18-9/h6,8-11H,5H2,1-4H3/t8-,9-,10-,11-/m1/s1. The highest BCUT2D eigenvalue weighted by Gasteiger charge is 2.56. The van der Waals surface area contributed by atoms with Gasteiger partial charge in [0.15, 0.2) is 12.1 Å². The summed E-state index contributed by atoms with van der Waals surface area (Å²) in [6.45, 7) is 6.53.